The van der Waals surface area contributed by atoms with Crippen LogP contribution in [0.3, 0.4) is 0 Å². The molecule has 8 atom stereocenters. The highest BCUT2D eigenvalue weighted by atomic mass is 16.5. The topological polar surface area (TPSA) is 29.5 Å². The van der Waals surface area contributed by atoms with Crippen molar-refractivity contribution in [2.45, 2.75) is 137 Å². The predicted octanol–water partition coefficient (Wildman–Crippen LogP) is 8.82. The van der Waals surface area contributed by atoms with Gasteiger partial charge in [0.15, 0.2) is 0 Å². The molecule has 4 fully saturated rings. The number of hydrogen-bond donors (Lipinski definition) is 0. The predicted molar refractivity (Wildman–Crippen MR) is 158 cm³/mol. The van der Waals surface area contributed by atoms with Crippen molar-refractivity contribution in [3.8, 4) is 0 Å². The lowest BCUT2D eigenvalue weighted by molar-refractivity contribution is -0.152. The molecule has 0 unspecified atom stereocenters. The summed E-state index contributed by atoms with van der Waals surface area (Å²) in [6, 6.07) is 0. The zero-order valence-electron chi connectivity index (χ0n) is 25.6. The number of rotatable bonds is 9. The lowest BCUT2D eigenvalue weighted by Crippen LogP contribution is -2.51. The fraction of sp³-hybridized carbons (Fsp3) is 0.914. The van der Waals surface area contributed by atoms with Gasteiger partial charge in [-0.3, -0.25) is 4.79 Å². The maximum Gasteiger partial charge on any atom is 0.307 e. The zero-order chi connectivity index (χ0) is 26.9. The van der Waals surface area contributed by atoms with Crippen molar-refractivity contribution in [3.63, 3.8) is 0 Å². The Morgan fingerprint density at radius 2 is 1.79 bits per heavy atom. The Balaban J connectivity index is 1.17. The summed E-state index contributed by atoms with van der Waals surface area (Å²) < 4.78 is 6.08. The third kappa shape index (κ3) is 5.80. The van der Waals surface area contributed by atoms with Gasteiger partial charge in [0.05, 0.1) is 6.42 Å². The maximum atomic E-state index is 12.7. The molecule has 0 aromatic carbocycles. The van der Waals surface area contributed by atoms with Gasteiger partial charge < -0.3 is 9.64 Å². The third-order valence-corrected chi connectivity index (χ3v) is 12.6. The molecule has 3 heteroatoms. The van der Waals surface area contributed by atoms with Gasteiger partial charge in [-0.25, -0.2) is 0 Å². The van der Waals surface area contributed by atoms with Crippen LogP contribution in [0.25, 0.3) is 0 Å². The molecule has 0 aromatic heterocycles. The number of fused-ring (bicyclic) bond motifs is 5. The molecule has 0 amide bonds. The third-order valence-electron chi connectivity index (χ3n) is 12.6. The second kappa shape index (κ2) is 12.0. The molecule has 0 aromatic rings. The lowest BCUT2D eigenvalue weighted by Gasteiger charge is -2.58. The van der Waals surface area contributed by atoms with Gasteiger partial charge >= 0.3 is 5.97 Å². The van der Waals surface area contributed by atoms with Crippen molar-refractivity contribution < 1.29 is 9.53 Å². The average molecular weight is 526 g/mol. The van der Waals surface area contributed by atoms with Gasteiger partial charge in [0, 0.05) is 13.0 Å². The van der Waals surface area contributed by atoms with E-state index < -0.39 is 0 Å². The zero-order valence-corrected chi connectivity index (χ0v) is 25.6. The molecule has 5 aliphatic rings. The van der Waals surface area contributed by atoms with Crippen LogP contribution in [0.5, 0.6) is 0 Å². The molecule has 38 heavy (non-hydrogen) atoms. The lowest BCUT2D eigenvalue weighted by atomic mass is 9.47. The second-order valence-electron chi connectivity index (χ2n) is 15.3. The van der Waals surface area contributed by atoms with Crippen molar-refractivity contribution in [1.29, 1.82) is 0 Å². The van der Waals surface area contributed by atoms with E-state index in [1.54, 1.807) is 5.57 Å². The summed E-state index contributed by atoms with van der Waals surface area (Å²) >= 11 is 0. The quantitative estimate of drug-likeness (QED) is 0.222. The van der Waals surface area contributed by atoms with Crippen LogP contribution in [0.2, 0.25) is 0 Å². The van der Waals surface area contributed by atoms with E-state index in [9.17, 15) is 4.79 Å². The first-order valence-corrected chi connectivity index (χ1v) is 16.8. The Morgan fingerprint density at radius 1 is 1.00 bits per heavy atom. The summed E-state index contributed by atoms with van der Waals surface area (Å²) in [5.74, 6) is 5.31. The number of likely N-dealkylation sites (tertiary alicyclic amines) is 1. The number of allylic oxidation sites excluding steroid dienone is 1. The highest BCUT2D eigenvalue weighted by molar-refractivity contribution is 5.69. The van der Waals surface area contributed by atoms with Crippen molar-refractivity contribution in [2.24, 2.45) is 46.3 Å². The molecule has 0 bridgehead atoms. The molecule has 0 spiro atoms. The summed E-state index contributed by atoms with van der Waals surface area (Å²) in [6.45, 7) is 15.8. The fourth-order valence-corrected chi connectivity index (χ4v) is 10.4. The number of hydrogen-bond acceptors (Lipinski definition) is 3. The molecule has 5 rings (SSSR count). The van der Waals surface area contributed by atoms with E-state index in [2.05, 4.69) is 45.6 Å². The first-order chi connectivity index (χ1) is 18.2. The van der Waals surface area contributed by atoms with Gasteiger partial charge in [-0.2, -0.15) is 0 Å². The minimum atomic E-state index is 0.0337. The van der Waals surface area contributed by atoms with Crippen LogP contribution in [0.4, 0.5) is 0 Å². The smallest absolute Gasteiger partial charge is 0.307 e. The van der Waals surface area contributed by atoms with E-state index in [0.29, 0.717) is 17.3 Å². The Bertz CT molecular complexity index is 843. The van der Waals surface area contributed by atoms with Gasteiger partial charge in [-0.1, -0.05) is 72.0 Å². The van der Waals surface area contributed by atoms with Gasteiger partial charge in [0.25, 0.3) is 0 Å². The van der Waals surface area contributed by atoms with Crippen LogP contribution >= 0.6 is 0 Å². The highest BCUT2D eigenvalue weighted by Gasteiger charge is 2.59. The van der Waals surface area contributed by atoms with Crippen LogP contribution in [-0.4, -0.2) is 36.6 Å². The summed E-state index contributed by atoms with van der Waals surface area (Å²) in [7, 11) is 0. The number of carbonyl (C=O) groups is 1. The molecule has 1 aliphatic heterocycles. The SMILES string of the molecule is CC(C)CCC[C@@H](C)[C@H]1CC[C@@H]2[C@@H]3CC=C4C[C@@H](OC(=O)CCN5CCCCC5)CC[C@]4(C)[C@@H]3CC[C@@]21C. The molecule has 0 N–H and O–H groups in total. The van der Waals surface area contributed by atoms with E-state index in [0.717, 1.165) is 68.0 Å². The number of ether oxygens (including phenoxy) is 1. The number of esters is 1. The number of piperidine rings is 1. The normalized spacial score (nSPS) is 40.2. The van der Waals surface area contributed by atoms with E-state index in [-0.39, 0.29) is 12.1 Å². The Morgan fingerprint density at radius 3 is 2.55 bits per heavy atom. The van der Waals surface area contributed by atoms with Crippen LogP contribution in [0, 0.1) is 46.3 Å². The highest BCUT2D eigenvalue weighted by Crippen LogP contribution is 2.67. The minimum Gasteiger partial charge on any atom is -0.462 e. The van der Waals surface area contributed by atoms with Gasteiger partial charge in [-0.05, 0) is 117 Å². The van der Waals surface area contributed by atoms with Crippen LogP contribution in [0.1, 0.15) is 131 Å². The van der Waals surface area contributed by atoms with Gasteiger partial charge in [0.2, 0.25) is 0 Å². The van der Waals surface area contributed by atoms with Crippen molar-refractivity contribution in [1.82, 2.24) is 4.90 Å². The van der Waals surface area contributed by atoms with E-state index in [1.807, 2.05) is 0 Å². The summed E-state index contributed by atoms with van der Waals surface area (Å²) in [6.07, 6.45) is 21.8. The minimum absolute atomic E-state index is 0.0337. The van der Waals surface area contributed by atoms with Gasteiger partial charge in [0.1, 0.15) is 6.10 Å². The Kier molecular flexibility index (Phi) is 9.03. The van der Waals surface area contributed by atoms with Crippen molar-refractivity contribution in [2.75, 3.05) is 19.6 Å². The van der Waals surface area contributed by atoms with Crippen LogP contribution in [0.15, 0.2) is 11.6 Å². The monoisotopic (exact) mass is 525 g/mol. The second-order valence-corrected chi connectivity index (χ2v) is 15.3. The molecule has 216 valence electrons. The molecule has 3 nitrogen and oxygen atoms in total. The summed E-state index contributed by atoms with van der Waals surface area (Å²) in [5, 5.41) is 0. The summed E-state index contributed by atoms with van der Waals surface area (Å²) in [5.41, 5.74) is 2.53. The Hall–Kier alpha value is -0.830. The van der Waals surface area contributed by atoms with E-state index >= 15 is 0 Å². The van der Waals surface area contributed by atoms with Crippen LogP contribution in [-0.2, 0) is 9.53 Å². The fourth-order valence-electron chi connectivity index (χ4n) is 10.4. The molecule has 0 radical (unpaired) electrons. The van der Waals surface area contributed by atoms with E-state index in [4.69, 9.17) is 4.74 Å². The van der Waals surface area contributed by atoms with Crippen molar-refractivity contribution >= 4 is 5.97 Å². The van der Waals surface area contributed by atoms with Crippen LogP contribution < -0.4 is 0 Å². The first kappa shape index (κ1) is 28.7. The molecular formula is C35H59NO2. The first-order valence-electron chi connectivity index (χ1n) is 16.8. The number of nitrogens with zero attached hydrogens (tertiary/aromatic N) is 1. The molecule has 3 saturated carbocycles. The molecular weight excluding hydrogens is 466 g/mol. The Labute approximate surface area is 234 Å². The summed E-state index contributed by atoms with van der Waals surface area (Å²) in [4.78, 5) is 15.1. The van der Waals surface area contributed by atoms with Crippen molar-refractivity contribution in [3.05, 3.63) is 11.6 Å². The number of carbonyl (C=O) groups excluding carboxylic acids is 1. The maximum absolute atomic E-state index is 12.7. The average Bonchev–Trinajstić information content (AvgIpc) is 3.25. The van der Waals surface area contributed by atoms with E-state index in [1.165, 1.54) is 77.0 Å². The molecule has 1 saturated heterocycles. The largest absolute Gasteiger partial charge is 0.462 e. The standard InChI is InChI=1S/C35H59NO2/c1-25(2)10-9-11-26(3)30-14-15-31-29-13-12-27-24-28(38-33(37)18-23-36-21-7-6-8-22-36)16-19-34(27,4)32(29)17-20-35(30,31)5/h12,25-26,28-32H,6-11,13-24H2,1-5H3/t26-,28+,29+,30-,31-,32-,34+,35-/m1/s1. The molecule has 4 aliphatic carbocycles. The molecule has 1 heterocycles. The van der Waals surface area contributed by atoms with Gasteiger partial charge in [-0.15, -0.1) is 0 Å².